The number of carbonyl (C=O) groups is 1. The molecule has 2 unspecified atom stereocenters. The highest BCUT2D eigenvalue weighted by atomic mass is 16.5. The van der Waals surface area contributed by atoms with Crippen LogP contribution < -0.4 is 15.4 Å². The van der Waals surface area contributed by atoms with Crippen LogP contribution in [-0.2, 0) is 0 Å². The zero-order chi connectivity index (χ0) is 15.0. The van der Waals surface area contributed by atoms with Crippen molar-refractivity contribution in [2.45, 2.75) is 32.3 Å². The molecule has 0 bridgehead atoms. The molecule has 3 N–H and O–H groups in total. The normalized spacial score (nSPS) is 13.4. The van der Waals surface area contributed by atoms with Crippen LogP contribution in [0.5, 0.6) is 5.75 Å². The molecule has 112 valence electrons. The number of hydrogen-bond donors (Lipinski definition) is 3. The van der Waals surface area contributed by atoms with Crippen molar-refractivity contribution in [3.63, 3.8) is 0 Å². The molecule has 1 aromatic carbocycles. The fraction of sp³-hybridized carbons (Fsp3) is 0.533. The minimum absolute atomic E-state index is 0.161. The molecule has 5 nitrogen and oxygen atoms in total. The Morgan fingerprint density at radius 3 is 2.65 bits per heavy atom. The summed E-state index contributed by atoms with van der Waals surface area (Å²) in [6.07, 6.45) is 0.151. The van der Waals surface area contributed by atoms with E-state index in [1.165, 1.54) is 0 Å². The average Bonchev–Trinajstić information content (AvgIpc) is 2.44. The number of aliphatic hydroxyl groups excluding tert-OH is 1. The summed E-state index contributed by atoms with van der Waals surface area (Å²) in [5.74, 6) is 0.991. The second-order valence-electron chi connectivity index (χ2n) is 4.92. The predicted molar refractivity (Wildman–Crippen MR) is 79.1 cm³/mol. The van der Waals surface area contributed by atoms with Crippen molar-refractivity contribution in [3.05, 3.63) is 29.8 Å². The molecule has 0 fully saturated rings. The number of rotatable bonds is 7. The highest BCUT2D eigenvalue weighted by molar-refractivity contribution is 5.73. The molecule has 0 aliphatic rings. The van der Waals surface area contributed by atoms with Crippen LogP contribution in [0.3, 0.4) is 0 Å². The monoisotopic (exact) mass is 280 g/mol. The quantitative estimate of drug-likeness (QED) is 0.714. The lowest BCUT2D eigenvalue weighted by Crippen LogP contribution is -2.38. The molecule has 0 aliphatic heterocycles. The second kappa shape index (κ2) is 8.43. The first kappa shape index (κ1) is 16.3. The average molecular weight is 280 g/mol. The zero-order valence-electron chi connectivity index (χ0n) is 12.3. The Morgan fingerprint density at radius 1 is 1.30 bits per heavy atom. The highest BCUT2D eigenvalue weighted by Crippen LogP contribution is 2.25. The first-order valence-corrected chi connectivity index (χ1v) is 6.87. The SMILES string of the molecule is COc1ccccc1C(C)CNC(=O)NCCC(C)O. The summed E-state index contributed by atoms with van der Waals surface area (Å²) in [5, 5.41) is 14.6. The highest BCUT2D eigenvalue weighted by Gasteiger charge is 2.11. The van der Waals surface area contributed by atoms with Gasteiger partial charge in [0, 0.05) is 19.0 Å². The summed E-state index contributed by atoms with van der Waals surface area (Å²) >= 11 is 0. The van der Waals surface area contributed by atoms with Crippen LogP contribution in [0.2, 0.25) is 0 Å². The largest absolute Gasteiger partial charge is 0.496 e. The lowest BCUT2D eigenvalue weighted by atomic mass is 10.0. The Bertz CT molecular complexity index is 421. The lowest BCUT2D eigenvalue weighted by molar-refractivity contribution is 0.183. The van der Waals surface area contributed by atoms with Gasteiger partial charge in [0.1, 0.15) is 5.75 Å². The van der Waals surface area contributed by atoms with Gasteiger partial charge in [-0.15, -0.1) is 0 Å². The van der Waals surface area contributed by atoms with Gasteiger partial charge in [-0.3, -0.25) is 0 Å². The van der Waals surface area contributed by atoms with E-state index in [1.54, 1.807) is 14.0 Å². The maximum absolute atomic E-state index is 11.6. The van der Waals surface area contributed by atoms with Crippen LogP contribution >= 0.6 is 0 Å². The van der Waals surface area contributed by atoms with Gasteiger partial charge in [0.2, 0.25) is 0 Å². The summed E-state index contributed by atoms with van der Waals surface area (Å²) in [6, 6.07) is 7.57. The second-order valence-corrected chi connectivity index (χ2v) is 4.92. The molecule has 0 heterocycles. The minimum Gasteiger partial charge on any atom is -0.496 e. The van der Waals surface area contributed by atoms with Crippen molar-refractivity contribution >= 4 is 6.03 Å². The third-order valence-corrected chi connectivity index (χ3v) is 3.09. The van der Waals surface area contributed by atoms with Crippen molar-refractivity contribution in [2.75, 3.05) is 20.2 Å². The molecule has 0 radical (unpaired) electrons. The molecule has 1 rings (SSSR count). The number of benzene rings is 1. The number of methoxy groups -OCH3 is 1. The number of urea groups is 1. The van der Waals surface area contributed by atoms with Gasteiger partial charge in [-0.05, 0) is 25.0 Å². The van der Waals surface area contributed by atoms with Crippen molar-refractivity contribution in [3.8, 4) is 5.75 Å². The van der Waals surface area contributed by atoms with Crippen molar-refractivity contribution in [2.24, 2.45) is 0 Å². The van der Waals surface area contributed by atoms with Crippen LogP contribution in [0.4, 0.5) is 4.79 Å². The molecule has 0 aromatic heterocycles. The van der Waals surface area contributed by atoms with Gasteiger partial charge in [-0.1, -0.05) is 25.1 Å². The zero-order valence-corrected chi connectivity index (χ0v) is 12.3. The van der Waals surface area contributed by atoms with Crippen molar-refractivity contribution in [1.29, 1.82) is 0 Å². The van der Waals surface area contributed by atoms with Crippen molar-refractivity contribution in [1.82, 2.24) is 10.6 Å². The van der Waals surface area contributed by atoms with Gasteiger partial charge >= 0.3 is 6.03 Å². The van der Waals surface area contributed by atoms with Crippen LogP contribution in [0.25, 0.3) is 0 Å². The number of para-hydroxylation sites is 1. The van der Waals surface area contributed by atoms with Crippen LogP contribution in [-0.4, -0.2) is 37.4 Å². The van der Waals surface area contributed by atoms with Crippen molar-refractivity contribution < 1.29 is 14.6 Å². The number of amides is 2. The third-order valence-electron chi connectivity index (χ3n) is 3.09. The molecule has 0 saturated carbocycles. The lowest BCUT2D eigenvalue weighted by Gasteiger charge is -2.16. The molecule has 0 spiro atoms. The van der Waals surface area contributed by atoms with Crippen LogP contribution in [0, 0.1) is 0 Å². The number of hydrogen-bond acceptors (Lipinski definition) is 3. The summed E-state index contributed by atoms with van der Waals surface area (Å²) in [4.78, 5) is 11.6. The minimum atomic E-state index is -0.400. The standard InChI is InChI=1S/C15H24N2O3/c1-11(13-6-4-5-7-14(13)20-3)10-17-15(19)16-9-8-12(2)18/h4-7,11-12,18H,8-10H2,1-3H3,(H2,16,17,19). The molecule has 0 saturated heterocycles. The first-order chi connectivity index (χ1) is 9.54. The fourth-order valence-electron chi connectivity index (χ4n) is 1.89. The van der Waals surface area contributed by atoms with E-state index in [-0.39, 0.29) is 11.9 Å². The molecule has 2 atom stereocenters. The number of carbonyl (C=O) groups excluding carboxylic acids is 1. The Labute approximate surface area is 120 Å². The maximum atomic E-state index is 11.6. The van der Waals surface area contributed by atoms with Gasteiger partial charge in [-0.25, -0.2) is 4.79 Å². The molecule has 0 aliphatic carbocycles. The van der Waals surface area contributed by atoms with Gasteiger partial charge in [-0.2, -0.15) is 0 Å². The molecular weight excluding hydrogens is 256 g/mol. The molecule has 1 aromatic rings. The van der Waals surface area contributed by atoms with E-state index < -0.39 is 6.10 Å². The van der Waals surface area contributed by atoms with Gasteiger partial charge in [0.25, 0.3) is 0 Å². The van der Waals surface area contributed by atoms with Gasteiger partial charge < -0.3 is 20.5 Å². The summed E-state index contributed by atoms with van der Waals surface area (Å²) in [5.41, 5.74) is 1.07. The van der Waals surface area contributed by atoms with E-state index in [2.05, 4.69) is 10.6 Å². The van der Waals surface area contributed by atoms with Crippen LogP contribution in [0.1, 0.15) is 31.7 Å². The Balaban J connectivity index is 2.39. The fourth-order valence-corrected chi connectivity index (χ4v) is 1.89. The van der Waals surface area contributed by atoms with E-state index in [9.17, 15) is 4.79 Å². The van der Waals surface area contributed by atoms with Gasteiger partial charge in [0.05, 0.1) is 13.2 Å². The smallest absolute Gasteiger partial charge is 0.314 e. The molecule has 20 heavy (non-hydrogen) atoms. The topological polar surface area (TPSA) is 70.6 Å². The summed E-state index contributed by atoms with van der Waals surface area (Å²) in [6.45, 7) is 4.73. The van der Waals surface area contributed by atoms with E-state index in [1.807, 2.05) is 31.2 Å². The van der Waals surface area contributed by atoms with E-state index in [0.717, 1.165) is 11.3 Å². The number of aliphatic hydroxyl groups is 1. The number of ether oxygens (including phenoxy) is 1. The summed E-state index contributed by atoms with van der Waals surface area (Å²) < 4.78 is 5.31. The van der Waals surface area contributed by atoms with E-state index in [4.69, 9.17) is 9.84 Å². The predicted octanol–water partition coefficient (Wildman–Crippen LogP) is 1.87. The number of nitrogens with one attached hydrogen (secondary N) is 2. The molecular formula is C15H24N2O3. The molecule has 2 amide bonds. The first-order valence-electron chi connectivity index (χ1n) is 6.87. The molecule has 5 heteroatoms. The van der Waals surface area contributed by atoms with E-state index >= 15 is 0 Å². The van der Waals surface area contributed by atoms with E-state index in [0.29, 0.717) is 19.5 Å². The Morgan fingerprint density at radius 2 is 2.00 bits per heavy atom. The van der Waals surface area contributed by atoms with Gasteiger partial charge in [0.15, 0.2) is 0 Å². The third kappa shape index (κ3) is 5.48. The Hall–Kier alpha value is -1.75. The Kier molecular flexibility index (Phi) is 6.87. The summed E-state index contributed by atoms with van der Waals surface area (Å²) in [7, 11) is 1.64. The maximum Gasteiger partial charge on any atom is 0.314 e. The van der Waals surface area contributed by atoms with Crippen LogP contribution in [0.15, 0.2) is 24.3 Å².